The number of methoxy groups -OCH3 is 1. The number of aromatic carboxylic acids is 1. The molecule has 4 atom stereocenters. The number of halogens is 3. The summed E-state index contributed by atoms with van der Waals surface area (Å²) in [5.74, 6) is -5.20. The summed E-state index contributed by atoms with van der Waals surface area (Å²) < 4.78 is 52.4. The van der Waals surface area contributed by atoms with Crippen LogP contribution < -0.4 is 11.2 Å². The minimum Gasteiger partial charge on any atom is -0.477 e. The molecule has 1 saturated heterocycles. The molecular formula is C22H26F3N3O4. The van der Waals surface area contributed by atoms with Crippen molar-refractivity contribution >= 4 is 5.97 Å². The van der Waals surface area contributed by atoms with E-state index in [0.29, 0.717) is 19.5 Å². The molecule has 0 bridgehead atoms. The maximum absolute atomic E-state index is 16.6. The van der Waals surface area contributed by atoms with Crippen molar-refractivity contribution in [1.29, 1.82) is 0 Å². The summed E-state index contributed by atoms with van der Waals surface area (Å²) in [6.07, 6.45) is 2.59. The highest BCUT2D eigenvalue weighted by Crippen LogP contribution is 2.51. The third kappa shape index (κ3) is 2.95. The molecule has 5 rings (SSSR count). The zero-order valence-corrected chi connectivity index (χ0v) is 17.7. The lowest BCUT2D eigenvalue weighted by molar-refractivity contribution is -0.123. The number of likely N-dealkylation sites (tertiary alicyclic amines) is 1. The number of allylic oxidation sites excluding steroid dienone is 1. The Morgan fingerprint density at radius 1 is 1.38 bits per heavy atom. The van der Waals surface area contributed by atoms with E-state index in [2.05, 4.69) is 0 Å². The Morgan fingerprint density at radius 2 is 2.06 bits per heavy atom. The van der Waals surface area contributed by atoms with Gasteiger partial charge in [0.1, 0.15) is 23.3 Å². The minimum atomic E-state index is -2.85. The quantitative estimate of drug-likeness (QED) is 0.711. The maximum Gasteiger partial charge on any atom is 0.341 e. The van der Waals surface area contributed by atoms with Crippen molar-refractivity contribution in [2.45, 2.75) is 62.1 Å². The Morgan fingerprint density at radius 3 is 2.59 bits per heavy atom. The first-order chi connectivity index (χ1) is 15.1. The van der Waals surface area contributed by atoms with Gasteiger partial charge in [-0.05, 0) is 31.6 Å². The van der Waals surface area contributed by atoms with Crippen LogP contribution in [0.2, 0.25) is 0 Å². The van der Waals surface area contributed by atoms with E-state index in [1.165, 1.54) is 0 Å². The fourth-order valence-electron chi connectivity index (χ4n) is 5.59. The SMILES string of the molecule is COC1(F)C(N2CCC(C3(N)CCC3)C2)=C(F)Cc2c1n([C@@H]1C[C@@H]1F)cc(C(=O)O)c2=O. The van der Waals surface area contributed by atoms with E-state index in [1.807, 2.05) is 0 Å². The molecule has 2 unspecified atom stereocenters. The molecule has 32 heavy (non-hydrogen) atoms. The number of hydrogen-bond donors (Lipinski definition) is 2. The zero-order valence-electron chi connectivity index (χ0n) is 17.7. The fourth-order valence-corrected chi connectivity index (χ4v) is 5.59. The average molecular weight is 453 g/mol. The van der Waals surface area contributed by atoms with Gasteiger partial charge in [-0.3, -0.25) is 4.79 Å². The lowest BCUT2D eigenvalue weighted by atomic mass is 9.68. The predicted octanol–water partition coefficient (Wildman–Crippen LogP) is 2.54. The number of nitrogens with two attached hydrogens (primary N) is 1. The highest BCUT2D eigenvalue weighted by Gasteiger charge is 2.55. The molecule has 0 aromatic carbocycles. The molecule has 3 fully saturated rings. The summed E-state index contributed by atoms with van der Waals surface area (Å²) in [6, 6.07) is -0.830. The summed E-state index contributed by atoms with van der Waals surface area (Å²) >= 11 is 0. The minimum absolute atomic E-state index is 0.0528. The number of ether oxygens (including phenoxy) is 1. The Balaban J connectivity index is 1.62. The van der Waals surface area contributed by atoms with Crippen LogP contribution in [0.1, 0.15) is 59.8 Å². The van der Waals surface area contributed by atoms with Gasteiger partial charge < -0.3 is 25.0 Å². The van der Waals surface area contributed by atoms with E-state index < -0.39 is 47.3 Å². The van der Waals surface area contributed by atoms with Crippen molar-refractivity contribution in [3.8, 4) is 0 Å². The molecule has 3 aliphatic carbocycles. The van der Waals surface area contributed by atoms with E-state index in [0.717, 1.165) is 37.1 Å². The highest BCUT2D eigenvalue weighted by atomic mass is 19.2. The van der Waals surface area contributed by atoms with Gasteiger partial charge in [-0.2, -0.15) is 4.39 Å². The van der Waals surface area contributed by atoms with Crippen molar-refractivity contribution in [2.75, 3.05) is 20.2 Å². The van der Waals surface area contributed by atoms with E-state index in [9.17, 15) is 19.1 Å². The second-order valence-corrected chi connectivity index (χ2v) is 9.48. The van der Waals surface area contributed by atoms with E-state index in [4.69, 9.17) is 10.5 Å². The molecule has 1 aromatic rings. The Bertz CT molecular complexity index is 1080. The van der Waals surface area contributed by atoms with Gasteiger partial charge >= 0.3 is 5.97 Å². The molecule has 7 nitrogen and oxygen atoms in total. The van der Waals surface area contributed by atoms with Gasteiger partial charge in [0.2, 0.25) is 0 Å². The topological polar surface area (TPSA) is 97.8 Å². The summed E-state index contributed by atoms with van der Waals surface area (Å²) in [6.45, 7) is 0.736. The van der Waals surface area contributed by atoms with Gasteiger partial charge in [-0.15, -0.1) is 0 Å². The van der Waals surface area contributed by atoms with Crippen LogP contribution in [0.15, 0.2) is 22.5 Å². The number of fused-ring (bicyclic) bond motifs is 1. The first kappa shape index (κ1) is 21.5. The number of carboxylic acid groups (broad SMARTS) is 1. The van der Waals surface area contributed by atoms with Crippen LogP contribution in [0.5, 0.6) is 0 Å². The first-order valence-corrected chi connectivity index (χ1v) is 10.9. The number of nitrogens with zero attached hydrogens (tertiary/aromatic N) is 2. The third-order valence-electron chi connectivity index (χ3n) is 7.68. The second kappa shape index (κ2) is 7.08. The molecule has 0 amide bonds. The number of pyridine rings is 1. The molecule has 3 N–H and O–H groups in total. The van der Waals surface area contributed by atoms with E-state index >= 15 is 8.78 Å². The molecule has 0 spiro atoms. The number of rotatable bonds is 5. The third-order valence-corrected chi connectivity index (χ3v) is 7.68. The standard InChI is InChI=1S/C22H26F3N3O4/c1-32-22(25)18-12(17(29)13(20(30)31)10-28(18)16-8-14(16)23)7-15(24)19(22)27-6-3-11(9-27)21(26)4-2-5-21/h10-11,14,16H,2-9,26H2,1H3,(H,30,31)/t11?,14-,16+,22?/m0/s1. The van der Waals surface area contributed by atoms with E-state index in [1.54, 1.807) is 4.90 Å². The van der Waals surface area contributed by atoms with Crippen LogP contribution in [0, 0.1) is 5.92 Å². The summed E-state index contributed by atoms with van der Waals surface area (Å²) in [5.41, 5.74) is 3.51. The molecular weight excluding hydrogens is 427 g/mol. The molecule has 174 valence electrons. The molecule has 10 heteroatoms. The molecule has 2 saturated carbocycles. The van der Waals surface area contributed by atoms with Gasteiger partial charge in [0.15, 0.2) is 5.43 Å². The Kier molecular flexibility index (Phi) is 4.76. The Hall–Kier alpha value is -2.33. The molecule has 1 aromatic heterocycles. The maximum atomic E-state index is 16.6. The van der Waals surface area contributed by atoms with Gasteiger partial charge in [-0.25, -0.2) is 13.6 Å². The van der Waals surface area contributed by atoms with Crippen LogP contribution in [-0.4, -0.2) is 52.5 Å². The van der Waals surface area contributed by atoms with Gasteiger partial charge in [-0.1, -0.05) is 0 Å². The molecule has 4 aliphatic rings. The van der Waals surface area contributed by atoms with Crippen molar-refractivity contribution in [2.24, 2.45) is 11.7 Å². The van der Waals surface area contributed by atoms with E-state index in [-0.39, 0.29) is 34.8 Å². The summed E-state index contributed by atoms with van der Waals surface area (Å²) in [4.78, 5) is 26.0. The lowest BCUT2D eigenvalue weighted by Gasteiger charge is -2.44. The van der Waals surface area contributed by atoms with Gasteiger partial charge in [0, 0.05) is 50.3 Å². The second-order valence-electron chi connectivity index (χ2n) is 9.48. The first-order valence-electron chi connectivity index (χ1n) is 10.9. The number of carboxylic acids is 1. The van der Waals surface area contributed by atoms with Crippen LogP contribution >= 0.6 is 0 Å². The number of hydrogen-bond acceptors (Lipinski definition) is 5. The number of alkyl halides is 2. The Labute approximate surface area is 182 Å². The van der Waals surface area contributed by atoms with Crippen molar-refractivity contribution in [1.82, 2.24) is 9.47 Å². The van der Waals surface area contributed by atoms with Crippen molar-refractivity contribution in [3.63, 3.8) is 0 Å². The van der Waals surface area contributed by atoms with Crippen molar-refractivity contribution in [3.05, 3.63) is 44.8 Å². The smallest absolute Gasteiger partial charge is 0.341 e. The fraction of sp³-hybridized carbons (Fsp3) is 0.636. The summed E-state index contributed by atoms with van der Waals surface area (Å²) in [7, 11) is 1.06. The number of aromatic nitrogens is 1. The average Bonchev–Trinajstić information content (AvgIpc) is 3.25. The van der Waals surface area contributed by atoms with Crippen molar-refractivity contribution < 1.29 is 27.8 Å². The normalized spacial score (nSPS) is 33.2. The zero-order chi connectivity index (χ0) is 23.0. The lowest BCUT2D eigenvalue weighted by Crippen LogP contribution is -2.54. The largest absolute Gasteiger partial charge is 0.477 e. The number of carbonyl (C=O) groups is 1. The van der Waals surface area contributed by atoms with Crippen LogP contribution in [0.4, 0.5) is 13.2 Å². The van der Waals surface area contributed by atoms with Crippen LogP contribution in [-0.2, 0) is 17.0 Å². The van der Waals surface area contributed by atoms with Crippen LogP contribution in [0.25, 0.3) is 0 Å². The highest BCUT2D eigenvalue weighted by molar-refractivity contribution is 5.87. The van der Waals surface area contributed by atoms with Gasteiger partial charge in [0.25, 0.3) is 5.85 Å². The summed E-state index contributed by atoms with van der Waals surface area (Å²) in [5, 5.41) is 9.41. The molecule has 0 radical (unpaired) electrons. The molecule has 2 heterocycles. The van der Waals surface area contributed by atoms with Crippen LogP contribution in [0.3, 0.4) is 0 Å². The monoisotopic (exact) mass is 453 g/mol. The van der Waals surface area contributed by atoms with Gasteiger partial charge in [0.05, 0.1) is 11.7 Å². The molecule has 1 aliphatic heterocycles. The predicted molar refractivity (Wildman–Crippen MR) is 108 cm³/mol.